The van der Waals surface area contributed by atoms with Gasteiger partial charge in [0, 0.05) is 5.57 Å². The number of carbonyl (C=O) groups is 1. The van der Waals surface area contributed by atoms with Crippen LogP contribution in [0.1, 0.15) is 24.8 Å². The lowest BCUT2D eigenvalue weighted by Crippen LogP contribution is -2.01. The summed E-state index contributed by atoms with van der Waals surface area (Å²) < 4.78 is 5.66. The van der Waals surface area contributed by atoms with E-state index >= 15 is 0 Å². The van der Waals surface area contributed by atoms with Crippen molar-refractivity contribution in [1.29, 1.82) is 5.26 Å². The van der Waals surface area contributed by atoms with Gasteiger partial charge in [-0.05, 0) is 54.7 Å². The van der Waals surface area contributed by atoms with E-state index in [1.165, 1.54) is 0 Å². The highest BCUT2D eigenvalue weighted by molar-refractivity contribution is 5.85. The Kier molecular flexibility index (Phi) is 6.16. The van der Waals surface area contributed by atoms with E-state index in [1.807, 2.05) is 36.4 Å². The van der Waals surface area contributed by atoms with E-state index in [1.54, 1.807) is 12.1 Å². The van der Waals surface area contributed by atoms with Crippen molar-refractivity contribution in [2.24, 2.45) is 0 Å². The fourth-order valence-corrected chi connectivity index (χ4v) is 2.22. The van der Waals surface area contributed by atoms with E-state index in [2.05, 4.69) is 12.6 Å². The van der Waals surface area contributed by atoms with Crippen LogP contribution in [0.2, 0.25) is 0 Å². The summed E-state index contributed by atoms with van der Waals surface area (Å²) in [7, 11) is 0. The molecular weight excluding hydrogens is 302 g/mol. The summed E-state index contributed by atoms with van der Waals surface area (Å²) in [6.45, 7) is 4.05. The van der Waals surface area contributed by atoms with Gasteiger partial charge in [-0.1, -0.05) is 30.8 Å². The third kappa shape index (κ3) is 4.99. The van der Waals surface area contributed by atoms with Crippen LogP contribution in [0.3, 0.4) is 0 Å². The number of hydrogen-bond acceptors (Lipinski definition) is 3. The second-order valence-electron chi connectivity index (χ2n) is 5.43. The van der Waals surface area contributed by atoms with E-state index in [4.69, 9.17) is 15.1 Å². The van der Waals surface area contributed by atoms with Gasteiger partial charge < -0.3 is 9.84 Å². The van der Waals surface area contributed by atoms with E-state index < -0.39 is 5.97 Å². The maximum atomic E-state index is 10.6. The lowest BCUT2D eigenvalue weighted by molar-refractivity contribution is -0.132. The van der Waals surface area contributed by atoms with Gasteiger partial charge >= 0.3 is 5.97 Å². The maximum absolute atomic E-state index is 10.6. The van der Waals surface area contributed by atoms with Gasteiger partial charge in [0.05, 0.1) is 18.2 Å². The number of nitrogens with zero attached hydrogens (tertiary/aromatic N) is 1. The first kappa shape index (κ1) is 17.3. The summed E-state index contributed by atoms with van der Waals surface area (Å²) in [5.41, 5.74) is 2.99. The third-order valence-corrected chi connectivity index (χ3v) is 3.65. The summed E-state index contributed by atoms with van der Waals surface area (Å²) in [5, 5.41) is 17.5. The van der Waals surface area contributed by atoms with Crippen LogP contribution in [-0.4, -0.2) is 17.7 Å². The van der Waals surface area contributed by atoms with Gasteiger partial charge in [0.25, 0.3) is 0 Å². The van der Waals surface area contributed by atoms with Crippen molar-refractivity contribution in [3.63, 3.8) is 0 Å². The van der Waals surface area contributed by atoms with Gasteiger partial charge in [0.1, 0.15) is 5.75 Å². The SMILES string of the molecule is C=C(CCCCOc1ccc(-c2ccc(C#N)cc2)cc1)C(=O)O. The molecule has 0 aliphatic heterocycles. The second-order valence-corrected chi connectivity index (χ2v) is 5.43. The number of carboxylic acid groups (broad SMARTS) is 1. The van der Waals surface area contributed by atoms with Crippen LogP contribution in [0.15, 0.2) is 60.7 Å². The molecule has 0 amide bonds. The number of ether oxygens (including phenoxy) is 1. The third-order valence-electron chi connectivity index (χ3n) is 3.65. The molecule has 24 heavy (non-hydrogen) atoms. The lowest BCUT2D eigenvalue weighted by atomic mass is 10.0. The molecule has 4 heteroatoms. The summed E-state index contributed by atoms with van der Waals surface area (Å²) >= 11 is 0. The van der Waals surface area contributed by atoms with Gasteiger partial charge in [0.15, 0.2) is 0 Å². The first-order chi connectivity index (χ1) is 11.6. The number of carboxylic acids is 1. The van der Waals surface area contributed by atoms with Crippen LogP contribution >= 0.6 is 0 Å². The summed E-state index contributed by atoms with van der Waals surface area (Å²) in [5.74, 6) is -0.154. The van der Waals surface area contributed by atoms with E-state index in [9.17, 15) is 4.79 Å². The molecular formula is C20H19NO3. The van der Waals surface area contributed by atoms with E-state index in [-0.39, 0.29) is 5.57 Å². The predicted octanol–water partition coefficient (Wildman–Crippen LogP) is 4.42. The zero-order chi connectivity index (χ0) is 17.4. The largest absolute Gasteiger partial charge is 0.494 e. The van der Waals surface area contributed by atoms with Gasteiger partial charge in [-0.15, -0.1) is 0 Å². The number of unbranched alkanes of at least 4 members (excludes halogenated alkanes) is 1. The Balaban J connectivity index is 1.80. The summed E-state index contributed by atoms with van der Waals surface area (Å²) in [6.07, 6.45) is 2.01. The molecule has 0 saturated heterocycles. The van der Waals surface area contributed by atoms with Gasteiger partial charge in [0.2, 0.25) is 0 Å². The average Bonchev–Trinajstić information content (AvgIpc) is 2.62. The Bertz CT molecular complexity index is 740. The molecule has 0 fully saturated rings. The van der Waals surface area contributed by atoms with Crippen LogP contribution in [0.5, 0.6) is 5.75 Å². The second kappa shape index (κ2) is 8.54. The Morgan fingerprint density at radius 3 is 2.17 bits per heavy atom. The summed E-state index contributed by atoms with van der Waals surface area (Å²) in [4.78, 5) is 10.6. The molecule has 0 aliphatic rings. The van der Waals surface area contributed by atoms with Crippen molar-refractivity contribution < 1.29 is 14.6 Å². The smallest absolute Gasteiger partial charge is 0.330 e. The van der Waals surface area contributed by atoms with Crippen molar-refractivity contribution >= 4 is 5.97 Å². The quantitative estimate of drug-likeness (QED) is 0.577. The van der Waals surface area contributed by atoms with Crippen LogP contribution in [0, 0.1) is 11.3 Å². The molecule has 1 N–H and O–H groups in total. The molecule has 0 atom stereocenters. The van der Waals surface area contributed by atoms with Crippen molar-refractivity contribution in [3.05, 3.63) is 66.2 Å². The van der Waals surface area contributed by atoms with Gasteiger partial charge in [-0.2, -0.15) is 5.26 Å². The zero-order valence-corrected chi connectivity index (χ0v) is 13.4. The van der Waals surface area contributed by atoms with Gasteiger partial charge in [-0.25, -0.2) is 4.79 Å². The van der Waals surface area contributed by atoms with Crippen LogP contribution in [0.25, 0.3) is 11.1 Å². The highest BCUT2D eigenvalue weighted by Crippen LogP contribution is 2.23. The van der Waals surface area contributed by atoms with Crippen LogP contribution < -0.4 is 4.74 Å². The molecule has 0 heterocycles. The van der Waals surface area contributed by atoms with Crippen molar-refractivity contribution in [2.45, 2.75) is 19.3 Å². The molecule has 122 valence electrons. The lowest BCUT2D eigenvalue weighted by Gasteiger charge is -2.08. The number of hydrogen-bond donors (Lipinski definition) is 1. The molecule has 0 saturated carbocycles. The zero-order valence-electron chi connectivity index (χ0n) is 13.4. The molecule has 0 aromatic heterocycles. The van der Waals surface area contributed by atoms with Crippen LogP contribution in [0.4, 0.5) is 0 Å². The standard InChI is InChI=1S/C20H19NO3/c1-15(20(22)23)4-2-3-13-24-19-11-9-18(10-12-19)17-7-5-16(14-21)6-8-17/h5-12H,1-4,13H2,(H,22,23). The van der Waals surface area contributed by atoms with Gasteiger partial charge in [-0.3, -0.25) is 0 Å². The number of nitriles is 1. The molecule has 2 aromatic rings. The van der Waals surface area contributed by atoms with Crippen LogP contribution in [-0.2, 0) is 4.79 Å². The molecule has 4 nitrogen and oxygen atoms in total. The fraction of sp³-hybridized carbons (Fsp3) is 0.200. The Hall–Kier alpha value is -3.06. The molecule has 0 spiro atoms. The first-order valence-corrected chi connectivity index (χ1v) is 7.74. The Morgan fingerprint density at radius 2 is 1.62 bits per heavy atom. The minimum Gasteiger partial charge on any atom is -0.494 e. The minimum atomic E-state index is -0.936. The average molecular weight is 321 g/mol. The molecule has 0 radical (unpaired) electrons. The molecule has 0 aliphatic carbocycles. The molecule has 2 aromatic carbocycles. The van der Waals surface area contributed by atoms with Crippen molar-refractivity contribution in [1.82, 2.24) is 0 Å². The Morgan fingerprint density at radius 1 is 1.04 bits per heavy atom. The van der Waals surface area contributed by atoms with E-state index in [0.717, 1.165) is 29.7 Å². The summed E-state index contributed by atoms with van der Waals surface area (Å²) in [6, 6.07) is 17.3. The number of rotatable bonds is 8. The molecule has 0 unspecified atom stereocenters. The van der Waals surface area contributed by atoms with Crippen molar-refractivity contribution in [3.8, 4) is 22.9 Å². The molecule has 2 rings (SSSR count). The number of benzene rings is 2. The predicted molar refractivity (Wildman–Crippen MR) is 92.7 cm³/mol. The van der Waals surface area contributed by atoms with Crippen molar-refractivity contribution in [2.75, 3.05) is 6.61 Å². The molecule has 0 bridgehead atoms. The maximum Gasteiger partial charge on any atom is 0.330 e. The fourth-order valence-electron chi connectivity index (χ4n) is 2.22. The highest BCUT2D eigenvalue weighted by Gasteiger charge is 2.03. The normalized spacial score (nSPS) is 9.96. The first-order valence-electron chi connectivity index (χ1n) is 7.74. The minimum absolute atomic E-state index is 0.238. The highest BCUT2D eigenvalue weighted by atomic mass is 16.5. The Labute approximate surface area is 141 Å². The monoisotopic (exact) mass is 321 g/mol. The number of aliphatic carboxylic acids is 1. The van der Waals surface area contributed by atoms with E-state index in [0.29, 0.717) is 18.6 Å². The topological polar surface area (TPSA) is 70.3 Å².